The molecular weight excluding hydrogens is 268 g/mol. The smallest absolute Gasteiger partial charge is 0.251 e. The molecule has 0 aliphatic carbocycles. The van der Waals surface area contributed by atoms with Crippen LogP contribution in [0.1, 0.15) is 16.8 Å². The van der Waals surface area contributed by atoms with Gasteiger partial charge in [-0.25, -0.2) is 4.98 Å². The molecule has 1 aliphatic rings. The fraction of sp³-hybridized carbons (Fsp3) is 0.467. The Morgan fingerprint density at radius 1 is 1.38 bits per heavy atom. The van der Waals surface area contributed by atoms with E-state index in [1.54, 1.807) is 12.4 Å². The first-order valence-corrected chi connectivity index (χ1v) is 7.34. The van der Waals surface area contributed by atoms with Gasteiger partial charge in [0, 0.05) is 25.2 Å². The normalized spacial score (nSPS) is 16.2. The lowest BCUT2D eigenvalue weighted by Gasteiger charge is -2.26. The number of imidazole rings is 1. The van der Waals surface area contributed by atoms with Gasteiger partial charge in [0.25, 0.3) is 5.91 Å². The number of rotatable bonds is 5. The zero-order valence-corrected chi connectivity index (χ0v) is 12.0. The molecular formula is C15H20N4O2. The average Bonchev–Trinajstić information content (AvgIpc) is 3.00. The summed E-state index contributed by atoms with van der Waals surface area (Å²) in [4.78, 5) is 21.6. The highest BCUT2D eigenvalue weighted by molar-refractivity contribution is 5.97. The fourth-order valence-electron chi connectivity index (χ4n) is 2.51. The van der Waals surface area contributed by atoms with Crippen LogP contribution in [0.5, 0.6) is 0 Å². The molecule has 1 saturated heterocycles. The van der Waals surface area contributed by atoms with E-state index in [2.05, 4.69) is 20.2 Å². The Kier molecular flexibility index (Phi) is 4.47. The van der Waals surface area contributed by atoms with Crippen molar-refractivity contribution in [1.29, 1.82) is 0 Å². The van der Waals surface area contributed by atoms with Crippen molar-refractivity contribution in [2.24, 2.45) is 0 Å². The Balaban J connectivity index is 1.45. The van der Waals surface area contributed by atoms with Crippen LogP contribution >= 0.6 is 0 Å². The third-order valence-corrected chi connectivity index (χ3v) is 3.72. The van der Waals surface area contributed by atoms with Crippen molar-refractivity contribution in [2.45, 2.75) is 6.42 Å². The van der Waals surface area contributed by atoms with Crippen LogP contribution in [0.4, 0.5) is 0 Å². The number of aromatic nitrogens is 2. The van der Waals surface area contributed by atoms with Gasteiger partial charge in [-0.15, -0.1) is 0 Å². The summed E-state index contributed by atoms with van der Waals surface area (Å²) in [6, 6.07) is 5.49. The van der Waals surface area contributed by atoms with Crippen LogP contribution in [0.2, 0.25) is 0 Å². The van der Waals surface area contributed by atoms with Gasteiger partial charge in [0.05, 0.1) is 30.6 Å². The Hall–Kier alpha value is -1.92. The van der Waals surface area contributed by atoms with Crippen LogP contribution < -0.4 is 5.32 Å². The number of hydrogen-bond acceptors (Lipinski definition) is 4. The van der Waals surface area contributed by atoms with Crippen molar-refractivity contribution >= 4 is 16.9 Å². The van der Waals surface area contributed by atoms with E-state index in [1.165, 1.54) is 0 Å². The SMILES string of the molecule is O=C(NCCCN1CCOCC1)c1ccc2nc[nH]c2c1. The summed E-state index contributed by atoms with van der Waals surface area (Å²) in [7, 11) is 0. The van der Waals surface area contributed by atoms with E-state index in [0.717, 1.165) is 50.3 Å². The maximum atomic E-state index is 12.1. The molecule has 1 aliphatic heterocycles. The summed E-state index contributed by atoms with van der Waals surface area (Å²) in [5.41, 5.74) is 2.42. The molecule has 2 aromatic rings. The molecule has 0 spiro atoms. The number of morpholine rings is 1. The summed E-state index contributed by atoms with van der Waals surface area (Å²) in [6.07, 6.45) is 2.59. The number of hydrogen-bond donors (Lipinski definition) is 2. The summed E-state index contributed by atoms with van der Waals surface area (Å²) < 4.78 is 5.31. The Morgan fingerprint density at radius 2 is 2.24 bits per heavy atom. The summed E-state index contributed by atoms with van der Waals surface area (Å²) in [5, 5.41) is 2.96. The highest BCUT2D eigenvalue weighted by Crippen LogP contribution is 2.11. The third-order valence-electron chi connectivity index (χ3n) is 3.72. The quantitative estimate of drug-likeness (QED) is 0.806. The number of nitrogens with one attached hydrogen (secondary N) is 2. The number of carbonyl (C=O) groups is 1. The van der Waals surface area contributed by atoms with Crippen molar-refractivity contribution in [3.8, 4) is 0 Å². The minimum atomic E-state index is -0.0338. The van der Waals surface area contributed by atoms with Crippen molar-refractivity contribution in [2.75, 3.05) is 39.4 Å². The predicted octanol–water partition coefficient (Wildman–Crippen LogP) is 1.01. The number of aromatic amines is 1. The second-order valence-electron chi connectivity index (χ2n) is 5.20. The molecule has 112 valence electrons. The van der Waals surface area contributed by atoms with Crippen LogP contribution in [0.3, 0.4) is 0 Å². The molecule has 1 aromatic heterocycles. The highest BCUT2D eigenvalue weighted by Gasteiger charge is 2.10. The van der Waals surface area contributed by atoms with Crippen LogP contribution in [-0.4, -0.2) is 60.2 Å². The standard InChI is InChI=1S/C15H20N4O2/c20-15(12-2-3-13-14(10-12)18-11-17-13)16-4-1-5-19-6-8-21-9-7-19/h2-3,10-11H,1,4-9H2,(H,16,20)(H,17,18). The van der Waals surface area contributed by atoms with E-state index in [9.17, 15) is 4.79 Å². The van der Waals surface area contributed by atoms with Gasteiger partial charge in [-0.2, -0.15) is 0 Å². The minimum absolute atomic E-state index is 0.0338. The van der Waals surface area contributed by atoms with Crippen LogP contribution in [0, 0.1) is 0 Å². The molecule has 2 N–H and O–H groups in total. The Morgan fingerprint density at radius 3 is 3.10 bits per heavy atom. The first kappa shape index (κ1) is 14.0. The van der Waals surface area contributed by atoms with Gasteiger partial charge in [0.15, 0.2) is 0 Å². The lowest BCUT2D eigenvalue weighted by molar-refractivity contribution is 0.0374. The largest absolute Gasteiger partial charge is 0.379 e. The molecule has 0 radical (unpaired) electrons. The second-order valence-corrected chi connectivity index (χ2v) is 5.20. The molecule has 0 bridgehead atoms. The van der Waals surface area contributed by atoms with E-state index >= 15 is 0 Å². The lowest BCUT2D eigenvalue weighted by atomic mass is 10.2. The van der Waals surface area contributed by atoms with E-state index in [0.29, 0.717) is 12.1 Å². The number of H-pyrrole nitrogens is 1. The number of benzene rings is 1. The van der Waals surface area contributed by atoms with Crippen LogP contribution in [0.25, 0.3) is 11.0 Å². The van der Waals surface area contributed by atoms with Crippen molar-refractivity contribution in [3.63, 3.8) is 0 Å². The first-order chi connectivity index (χ1) is 10.3. The van der Waals surface area contributed by atoms with Crippen molar-refractivity contribution in [1.82, 2.24) is 20.2 Å². The van der Waals surface area contributed by atoms with Gasteiger partial charge in [-0.3, -0.25) is 9.69 Å². The minimum Gasteiger partial charge on any atom is -0.379 e. The van der Waals surface area contributed by atoms with Gasteiger partial charge >= 0.3 is 0 Å². The predicted molar refractivity (Wildman–Crippen MR) is 80.3 cm³/mol. The molecule has 2 heterocycles. The number of amides is 1. The fourth-order valence-corrected chi connectivity index (χ4v) is 2.51. The van der Waals surface area contributed by atoms with Gasteiger partial charge in [0.1, 0.15) is 0 Å². The number of nitrogens with zero attached hydrogens (tertiary/aromatic N) is 2. The van der Waals surface area contributed by atoms with Gasteiger partial charge in [-0.1, -0.05) is 0 Å². The van der Waals surface area contributed by atoms with E-state index < -0.39 is 0 Å². The lowest BCUT2D eigenvalue weighted by Crippen LogP contribution is -2.38. The zero-order valence-electron chi connectivity index (χ0n) is 12.0. The molecule has 0 atom stereocenters. The van der Waals surface area contributed by atoms with E-state index in [4.69, 9.17) is 4.74 Å². The monoisotopic (exact) mass is 288 g/mol. The number of fused-ring (bicyclic) bond motifs is 1. The van der Waals surface area contributed by atoms with E-state index in [1.807, 2.05) is 12.1 Å². The van der Waals surface area contributed by atoms with Gasteiger partial charge < -0.3 is 15.0 Å². The highest BCUT2D eigenvalue weighted by atomic mass is 16.5. The topological polar surface area (TPSA) is 70.2 Å². The molecule has 0 unspecified atom stereocenters. The van der Waals surface area contributed by atoms with Crippen LogP contribution in [-0.2, 0) is 4.74 Å². The summed E-state index contributed by atoms with van der Waals surface area (Å²) in [6.45, 7) is 5.31. The molecule has 1 amide bonds. The number of carbonyl (C=O) groups excluding carboxylic acids is 1. The second kappa shape index (κ2) is 6.69. The Bertz CT molecular complexity index is 604. The van der Waals surface area contributed by atoms with Gasteiger partial charge in [0.2, 0.25) is 0 Å². The molecule has 0 saturated carbocycles. The van der Waals surface area contributed by atoms with E-state index in [-0.39, 0.29) is 5.91 Å². The molecule has 21 heavy (non-hydrogen) atoms. The molecule has 1 fully saturated rings. The maximum absolute atomic E-state index is 12.1. The maximum Gasteiger partial charge on any atom is 0.251 e. The van der Waals surface area contributed by atoms with Crippen LogP contribution in [0.15, 0.2) is 24.5 Å². The average molecular weight is 288 g/mol. The number of ether oxygens (including phenoxy) is 1. The summed E-state index contributed by atoms with van der Waals surface area (Å²) in [5.74, 6) is -0.0338. The molecule has 3 rings (SSSR count). The summed E-state index contributed by atoms with van der Waals surface area (Å²) >= 11 is 0. The van der Waals surface area contributed by atoms with Crippen molar-refractivity contribution < 1.29 is 9.53 Å². The third kappa shape index (κ3) is 3.59. The zero-order chi connectivity index (χ0) is 14.5. The molecule has 6 nitrogen and oxygen atoms in total. The molecule has 1 aromatic carbocycles. The molecule has 6 heteroatoms. The first-order valence-electron chi connectivity index (χ1n) is 7.34. The van der Waals surface area contributed by atoms with Gasteiger partial charge in [-0.05, 0) is 31.2 Å². The van der Waals surface area contributed by atoms with Crippen molar-refractivity contribution in [3.05, 3.63) is 30.1 Å². The Labute approximate surface area is 123 Å².